The fourth-order valence-corrected chi connectivity index (χ4v) is 3.28. The maximum atomic E-state index is 12.1. The third kappa shape index (κ3) is 3.75. The van der Waals surface area contributed by atoms with Crippen molar-refractivity contribution in [3.63, 3.8) is 0 Å². The molecule has 18 heavy (non-hydrogen) atoms. The molecule has 0 aromatic heterocycles. The van der Waals surface area contributed by atoms with Gasteiger partial charge in [0.2, 0.25) is 5.91 Å². The van der Waals surface area contributed by atoms with Gasteiger partial charge in [0.25, 0.3) is 0 Å². The van der Waals surface area contributed by atoms with E-state index < -0.39 is 0 Å². The monoisotopic (exact) mass is 327 g/mol. The number of piperidine rings is 1. The molecule has 1 atom stereocenters. The molecule has 0 saturated carbocycles. The standard InChI is InChI=1S/C14H18BrNOS/c1-11-4-2-3-9-16(11)14(17)10-18-13-7-5-12(15)6-8-13/h5-8,11H,2-4,9-10H2,1H3. The minimum atomic E-state index is 0.273. The summed E-state index contributed by atoms with van der Waals surface area (Å²) in [6.07, 6.45) is 3.55. The molecule has 0 radical (unpaired) electrons. The molecule has 0 bridgehead atoms. The van der Waals surface area contributed by atoms with Crippen LogP contribution < -0.4 is 0 Å². The highest BCUT2D eigenvalue weighted by atomic mass is 79.9. The van der Waals surface area contributed by atoms with Gasteiger partial charge in [0.1, 0.15) is 0 Å². The van der Waals surface area contributed by atoms with E-state index in [1.165, 1.54) is 6.42 Å². The van der Waals surface area contributed by atoms with Crippen LogP contribution >= 0.6 is 27.7 Å². The Morgan fingerprint density at radius 2 is 2.11 bits per heavy atom. The van der Waals surface area contributed by atoms with E-state index in [0.717, 1.165) is 28.8 Å². The molecule has 0 N–H and O–H groups in total. The molecule has 1 heterocycles. The lowest BCUT2D eigenvalue weighted by atomic mass is 10.0. The van der Waals surface area contributed by atoms with Crippen LogP contribution in [0.4, 0.5) is 0 Å². The van der Waals surface area contributed by atoms with Crippen LogP contribution in [0.1, 0.15) is 26.2 Å². The number of benzene rings is 1. The van der Waals surface area contributed by atoms with Gasteiger partial charge in [0.15, 0.2) is 0 Å². The Morgan fingerprint density at radius 3 is 2.78 bits per heavy atom. The average Bonchev–Trinajstić information content (AvgIpc) is 2.38. The molecule has 1 aromatic rings. The Kier molecular flexibility index (Phi) is 5.13. The summed E-state index contributed by atoms with van der Waals surface area (Å²) in [5.41, 5.74) is 0. The van der Waals surface area contributed by atoms with Crippen molar-refractivity contribution < 1.29 is 4.79 Å². The van der Waals surface area contributed by atoms with Crippen molar-refractivity contribution in [1.29, 1.82) is 0 Å². The molecule has 1 aliphatic heterocycles. The number of rotatable bonds is 3. The van der Waals surface area contributed by atoms with Gasteiger partial charge in [-0.05, 0) is 50.5 Å². The van der Waals surface area contributed by atoms with Crippen molar-refractivity contribution in [2.24, 2.45) is 0 Å². The third-order valence-corrected chi connectivity index (χ3v) is 4.82. The second-order valence-electron chi connectivity index (χ2n) is 4.67. The number of carbonyl (C=O) groups excluding carboxylic acids is 1. The maximum absolute atomic E-state index is 12.1. The highest BCUT2D eigenvalue weighted by molar-refractivity contribution is 9.10. The van der Waals surface area contributed by atoms with Crippen LogP contribution in [0.15, 0.2) is 33.6 Å². The lowest BCUT2D eigenvalue weighted by molar-refractivity contribution is -0.131. The first-order valence-corrected chi connectivity index (χ1v) is 8.12. The molecule has 2 rings (SSSR count). The smallest absolute Gasteiger partial charge is 0.233 e. The van der Waals surface area contributed by atoms with E-state index in [1.807, 2.05) is 29.2 Å². The second-order valence-corrected chi connectivity index (χ2v) is 6.64. The van der Waals surface area contributed by atoms with Crippen molar-refractivity contribution in [2.45, 2.75) is 37.1 Å². The fourth-order valence-electron chi connectivity index (χ4n) is 2.23. The number of hydrogen-bond acceptors (Lipinski definition) is 2. The molecule has 1 amide bonds. The average molecular weight is 328 g/mol. The van der Waals surface area contributed by atoms with Gasteiger partial charge in [-0.25, -0.2) is 0 Å². The van der Waals surface area contributed by atoms with Crippen LogP contribution in [0.2, 0.25) is 0 Å². The summed E-state index contributed by atoms with van der Waals surface area (Å²) in [6.45, 7) is 3.09. The second kappa shape index (κ2) is 6.62. The quantitative estimate of drug-likeness (QED) is 0.783. The van der Waals surface area contributed by atoms with Crippen LogP contribution in [-0.2, 0) is 4.79 Å². The Hall–Kier alpha value is -0.480. The van der Waals surface area contributed by atoms with Gasteiger partial charge in [0, 0.05) is 22.0 Å². The molecular formula is C14H18BrNOS. The van der Waals surface area contributed by atoms with Crippen LogP contribution in [0, 0.1) is 0 Å². The van der Waals surface area contributed by atoms with Crippen LogP contribution in [0.25, 0.3) is 0 Å². The lowest BCUT2D eigenvalue weighted by Gasteiger charge is -2.33. The van der Waals surface area contributed by atoms with E-state index in [4.69, 9.17) is 0 Å². The molecule has 1 fully saturated rings. The SMILES string of the molecule is CC1CCCCN1C(=O)CSc1ccc(Br)cc1. The van der Waals surface area contributed by atoms with Gasteiger partial charge in [-0.3, -0.25) is 4.79 Å². The van der Waals surface area contributed by atoms with E-state index in [0.29, 0.717) is 11.8 Å². The number of hydrogen-bond donors (Lipinski definition) is 0. The number of halogens is 1. The number of amides is 1. The van der Waals surface area contributed by atoms with Crippen molar-refractivity contribution in [2.75, 3.05) is 12.3 Å². The molecule has 2 nitrogen and oxygen atoms in total. The summed E-state index contributed by atoms with van der Waals surface area (Å²) in [5, 5.41) is 0. The molecule has 1 saturated heterocycles. The minimum absolute atomic E-state index is 0.273. The first kappa shape index (κ1) is 13.9. The largest absolute Gasteiger partial charge is 0.339 e. The highest BCUT2D eigenvalue weighted by Crippen LogP contribution is 2.23. The number of carbonyl (C=O) groups is 1. The van der Waals surface area contributed by atoms with Crippen molar-refractivity contribution >= 4 is 33.6 Å². The summed E-state index contributed by atoms with van der Waals surface area (Å²) >= 11 is 5.03. The third-order valence-electron chi connectivity index (χ3n) is 3.30. The topological polar surface area (TPSA) is 20.3 Å². The first-order chi connectivity index (χ1) is 8.66. The van der Waals surface area contributed by atoms with E-state index >= 15 is 0 Å². The Bertz CT molecular complexity index is 407. The summed E-state index contributed by atoms with van der Waals surface area (Å²) in [4.78, 5) is 15.3. The van der Waals surface area contributed by atoms with Gasteiger partial charge in [-0.1, -0.05) is 15.9 Å². The van der Waals surface area contributed by atoms with Gasteiger partial charge < -0.3 is 4.90 Å². The number of likely N-dealkylation sites (tertiary alicyclic amines) is 1. The summed E-state index contributed by atoms with van der Waals surface area (Å²) < 4.78 is 1.07. The molecule has 1 aliphatic rings. The zero-order chi connectivity index (χ0) is 13.0. The minimum Gasteiger partial charge on any atom is -0.339 e. The Morgan fingerprint density at radius 1 is 1.39 bits per heavy atom. The van der Waals surface area contributed by atoms with E-state index in [2.05, 4.69) is 22.9 Å². The normalized spacial score (nSPS) is 19.9. The predicted octanol–water partition coefficient (Wildman–Crippen LogP) is 3.94. The molecular weight excluding hydrogens is 310 g/mol. The van der Waals surface area contributed by atoms with Gasteiger partial charge in [-0.15, -0.1) is 11.8 Å². The highest BCUT2D eigenvalue weighted by Gasteiger charge is 2.22. The van der Waals surface area contributed by atoms with Crippen molar-refractivity contribution in [3.8, 4) is 0 Å². The summed E-state index contributed by atoms with van der Waals surface area (Å²) in [6, 6.07) is 8.52. The molecule has 0 spiro atoms. The van der Waals surface area contributed by atoms with Crippen LogP contribution in [0.3, 0.4) is 0 Å². The van der Waals surface area contributed by atoms with Gasteiger partial charge in [-0.2, -0.15) is 0 Å². The summed E-state index contributed by atoms with van der Waals surface area (Å²) in [5.74, 6) is 0.821. The van der Waals surface area contributed by atoms with Gasteiger partial charge >= 0.3 is 0 Å². The van der Waals surface area contributed by atoms with E-state index in [9.17, 15) is 4.79 Å². The Labute approximate surface area is 121 Å². The molecule has 4 heteroatoms. The van der Waals surface area contributed by atoms with Crippen molar-refractivity contribution in [1.82, 2.24) is 4.90 Å². The fraction of sp³-hybridized carbons (Fsp3) is 0.500. The molecule has 98 valence electrons. The summed E-state index contributed by atoms with van der Waals surface area (Å²) in [7, 11) is 0. The lowest BCUT2D eigenvalue weighted by Crippen LogP contribution is -2.42. The molecule has 1 unspecified atom stereocenters. The van der Waals surface area contributed by atoms with Crippen molar-refractivity contribution in [3.05, 3.63) is 28.7 Å². The van der Waals surface area contributed by atoms with Gasteiger partial charge in [0.05, 0.1) is 5.75 Å². The zero-order valence-electron chi connectivity index (χ0n) is 10.6. The van der Waals surface area contributed by atoms with E-state index in [-0.39, 0.29) is 5.91 Å². The Balaban J connectivity index is 1.85. The molecule has 1 aromatic carbocycles. The predicted molar refractivity (Wildman–Crippen MR) is 79.9 cm³/mol. The zero-order valence-corrected chi connectivity index (χ0v) is 13.0. The van der Waals surface area contributed by atoms with Crippen LogP contribution in [0.5, 0.6) is 0 Å². The first-order valence-electron chi connectivity index (χ1n) is 6.34. The van der Waals surface area contributed by atoms with Crippen LogP contribution in [-0.4, -0.2) is 29.1 Å². The maximum Gasteiger partial charge on any atom is 0.233 e. The van der Waals surface area contributed by atoms with E-state index in [1.54, 1.807) is 11.8 Å². The number of thioether (sulfide) groups is 1. The number of nitrogens with zero attached hydrogens (tertiary/aromatic N) is 1. The molecule has 0 aliphatic carbocycles.